The molecule has 0 aliphatic heterocycles. The standard InChI is InChI=1S/C16H19BrOS/c17-16-14-8-4-3-7-13(14)9-10-15(16)18-11-5-1-2-6-12-19/h3-4,7-10,19H,1-2,5-6,11-12H2. The smallest absolute Gasteiger partial charge is 0.134 e. The minimum absolute atomic E-state index is 0.781. The quantitative estimate of drug-likeness (QED) is 0.520. The third-order valence-electron chi connectivity index (χ3n) is 3.14. The molecule has 2 rings (SSSR count). The first-order valence-corrected chi connectivity index (χ1v) is 8.16. The highest BCUT2D eigenvalue weighted by Crippen LogP contribution is 2.33. The van der Waals surface area contributed by atoms with Gasteiger partial charge in [-0.05, 0) is 51.4 Å². The molecule has 0 aliphatic rings. The molecule has 0 spiro atoms. The van der Waals surface area contributed by atoms with Crippen LogP contribution in [0.2, 0.25) is 0 Å². The molecule has 0 N–H and O–H groups in total. The van der Waals surface area contributed by atoms with Crippen LogP contribution in [-0.4, -0.2) is 12.4 Å². The van der Waals surface area contributed by atoms with Crippen molar-refractivity contribution in [3.8, 4) is 5.75 Å². The van der Waals surface area contributed by atoms with Crippen molar-refractivity contribution in [3.63, 3.8) is 0 Å². The number of unbranched alkanes of at least 4 members (excludes halogenated alkanes) is 3. The van der Waals surface area contributed by atoms with E-state index in [9.17, 15) is 0 Å². The summed E-state index contributed by atoms with van der Waals surface area (Å²) in [7, 11) is 0. The van der Waals surface area contributed by atoms with Gasteiger partial charge in [0.25, 0.3) is 0 Å². The average molecular weight is 339 g/mol. The zero-order valence-electron chi connectivity index (χ0n) is 10.9. The molecule has 0 unspecified atom stereocenters. The lowest BCUT2D eigenvalue weighted by atomic mass is 10.1. The van der Waals surface area contributed by atoms with Gasteiger partial charge in [-0.2, -0.15) is 12.6 Å². The maximum Gasteiger partial charge on any atom is 0.134 e. The van der Waals surface area contributed by atoms with Crippen molar-refractivity contribution in [2.45, 2.75) is 25.7 Å². The van der Waals surface area contributed by atoms with Crippen LogP contribution in [0.5, 0.6) is 5.75 Å². The summed E-state index contributed by atoms with van der Waals surface area (Å²) in [6.45, 7) is 0.781. The molecule has 3 heteroatoms. The van der Waals surface area contributed by atoms with Crippen molar-refractivity contribution < 1.29 is 4.74 Å². The van der Waals surface area contributed by atoms with E-state index in [1.807, 2.05) is 12.1 Å². The molecular formula is C16H19BrOS. The maximum absolute atomic E-state index is 5.86. The normalized spacial score (nSPS) is 10.8. The summed E-state index contributed by atoms with van der Waals surface area (Å²) in [5.41, 5.74) is 0. The molecule has 0 aliphatic carbocycles. The van der Waals surface area contributed by atoms with E-state index in [1.165, 1.54) is 30.0 Å². The Labute approximate surface area is 128 Å². The molecule has 0 saturated heterocycles. The predicted molar refractivity (Wildman–Crippen MR) is 89.5 cm³/mol. The first kappa shape index (κ1) is 14.7. The molecule has 19 heavy (non-hydrogen) atoms. The van der Waals surface area contributed by atoms with Crippen molar-refractivity contribution in [1.82, 2.24) is 0 Å². The van der Waals surface area contributed by atoms with Gasteiger partial charge in [-0.25, -0.2) is 0 Å². The highest BCUT2D eigenvalue weighted by atomic mass is 79.9. The molecule has 1 nitrogen and oxygen atoms in total. The van der Waals surface area contributed by atoms with E-state index in [2.05, 4.69) is 52.8 Å². The van der Waals surface area contributed by atoms with Gasteiger partial charge in [0.1, 0.15) is 5.75 Å². The van der Waals surface area contributed by atoms with E-state index >= 15 is 0 Å². The molecule has 0 aromatic heterocycles. The summed E-state index contributed by atoms with van der Waals surface area (Å²) < 4.78 is 6.92. The molecule has 0 fully saturated rings. The maximum atomic E-state index is 5.86. The Bertz CT molecular complexity index is 527. The van der Waals surface area contributed by atoms with Gasteiger partial charge >= 0.3 is 0 Å². The Hall–Kier alpha value is -0.670. The third kappa shape index (κ3) is 4.15. The molecule has 0 amide bonds. The second-order valence-corrected chi connectivity index (χ2v) is 5.83. The Morgan fingerprint density at radius 1 is 0.947 bits per heavy atom. The van der Waals surface area contributed by atoms with E-state index in [-0.39, 0.29) is 0 Å². The molecule has 102 valence electrons. The zero-order valence-corrected chi connectivity index (χ0v) is 13.4. The largest absolute Gasteiger partial charge is 0.492 e. The number of halogens is 1. The number of rotatable bonds is 7. The number of thiol groups is 1. The van der Waals surface area contributed by atoms with Gasteiger partial charge in [0, 0.05) is 0 Å². The summed E-state index contributed by atoms with van der Waals surface area (Å²) in [6.07, 6.45) is 4.76. The van der Waals surface area contributed by atoms with E-state index in [0.717, 1.165) is 29.0 Å². The number of benzene rings is 2. The summed E-state index contributed by atoms with van der Waals surface area (Å²) in [5, 5.41) is 2.44. The molecule has 0 bridgehead atoms. The first-order valence-electron chi connectivity index (χ1n) is 6.74. The Kier molecular flexibility index (Phi) is 6.05. The number of ether oxygens (including phenoxy) is 1. The fraction of sp³-hybridized carbons (Fsp3) is 0.375. The average Bonchev–Trinajstić information content (AvgIpc) is 2.45. The Morgan fingerprint density at radius 2 is 1.74 bits per heavy atom. The lowest BCUT2D eigenvalue weighted by Gasteiger charge is -2.10. The number of hydrogen-bond acceptors (Lipinski definition) is 2. The van der Waals surface area contributed by atoms with E-state index in [4.69, 9.17) is 4.74 Å². The zero-order chi connectivity index (χ0) is 13.5. The van der Waals surface area contributed by atoms with Crippen molar-refractivity contribution in [2.75, 3.05) is 12.4 Å². The van der Waals surface area contributed by atoms with Gasteiger partial charge in [0.2, 0.25) is 0 Å². The minimum atomic E-state index is 0.781. The van der Waals surface area contributed by atoms with Gasteiger partial charge in [-0.15, -0.1) is 0 Å². The minimum Gasteiger partial charge on any atom is -0.492 e. The molecule has 0 saturated carbocycles. The highest BCUT2D eigenvalue weighted by Gasteiger charge is 2.05. The number of fused-ring (bicyclic) bond motifs is 1. The SMILES string of the molecule is SCCCCCCOc1ccc2ccccc2c1Br. The molecule has 0 atom stereocenters. The topological polar surface area (TPSA) is 9.23 Å². The van der Waals surface area contributed by atoms with Crippen LogP contribution in [0.15, 0.2) is 40.9 Å². The fourth-order valence-corrected chi connectivity index (χ4v) is 2.91. The van der Waals surface area contributed by atoms with Gasteiger partial charge in [-0.1, -0.05) is 43.2 Å². The number of hydrogen-bond donors (Lipinski definition) is 1. The molecule has 2 aromatic rings. The highest BCUT2D eigenvalue weighted by molar-refractivity contribution is 9.10. The summed E-state index contributed by atoms with van der Waals surface area (Å²) in [4.78, 5) is 0. The summed E-state index contributed by atoms with van der Waals surface area (Å²) >= 11 is 7.85. The van der Waals surface area contributed by atoms with Gasteiger partial charge < -0.3 is 4.74 Å². The van der Waals surface area contributed by atoms with E-state index < -0.39 is 0 Å². The monoisotopic (exact) mass is 338 g/mol. The van der Waals surface area contributed by atoms with Gasteiger partial charge in [-0.3, -0.25) is 0 Å². The van der Waals surface area contributed by atoms with E-state index in [1.54, 1.807) is 0 Å². The Morgan fingerprint density at radius 3 is 2.58 bits per heavy atom. The van der Waals surface area contributed by atoms with Crippen LogP contribution in [0.3, 0.4) is 0 Å². The third-order valence-corrected chi connectivity index (χ3v) is 4.27. The van der Waals surface area contributed by atoms with Crippen LogP contribution in [0.4, 0.5) is 0 Å². The van der Waals surface area contributed by atoms with Gasteiger partial charge in [0.15, 0.2) is 0 Å². The van der Waals surface area contributed by atoms with Crippen LogP contribution >= 0.6 is 28.6 Å². The summed E-state index contributed by atoms with van der Waals surface area (Å²) in [6, 6.07) is 12.5. The molecule has 0 radical (unpaired) electrons. The van der Waals surface area contributed by atoms with Crippen LogP contribution in [0.1, 0.15) is 25.7 Å². The fourth-order valence-electron chi connectivity index (χ4n) is 2.07. The van der Waals surface area contributed by atoms with E-state index in [0.29, 0.717) is 0 Å². The first-order chi connectivity index (χ1) is 9.33. The molecule has 2 aromatic carbocycles. The van der Waals surface area contributed by atoms with Crippen molar-refractivity contribution in [2.24, 2.45) is 0 Å². The Balaban J connectivity index is 1.92. The van der Waals surface area contributed by atoms with Gasteiger partial charge in [0.05, 0.1) is 11.1 Å². The second kappa shape index (κ2) is 7.81. The lowest BCUT2D eigenvalue weighted by Crippen LogP contribution is -1.98. The second-order valence-electron chi connectivity index (χ2n) is 4.59. The van der Waals surface area contributed by atoms with Crippen molar-refractivity contribution in [1.29, 1.82) is 0 Å². The van der Waals surface area contributed by atoms with Crippen LogP contribution in [0.25, 0.3) is 10.8 Å². The predicted octanol–water partition coefficient (Wildman–Crippen LogP) is 5.47. The van der Waals surface area contributed by atoms with Crippen molar-refractivity contribution in [3.05, 3.63) is 40.9 Å². The molecular weight excluding hydrogens is 320 g/mol. The van der Waals surface area contributed by atoms with Crippen LogP contribution < -0.4 is 4.74 Å². The molecule has 0 heterocycles. The van der Waals surface area contributed by atoms with Crippen LogP contribution in [0, 0.1) is 0 Å². The summed E-state index contributed by atoms with van der Waals surface area (Å²) in [5.74, 6) is 1.92. The van der Waals surface area contributed by atoms with Crippen molar-refractivity contribution >= 4 is 39.3 Å². The lowest BCUT2D eigenvalue weighted by molar-refractivity contribution is 0.304. The van der Waals surface area contributed by atoms with Crippen LogP contribution in [-0.2, 0) is 0 Å².